The lowest BCUT2D eigenvalue weighted by Crippen LogP contribution is -2.40. The molecular weight excluding hydrogens is 368 g/mol. The largest absolute Gasteiger partial charge is 0.465 e. The number of thiophene rings is 1. The van der Waals surface area contributed by atoms with Crippen LogP contribution in [0.15, 0.2) is 0 Å². The number of methoxy groups -OCH3 is 1. The van der Waals surface area contributed by atoms with Crippen molar-refractivity contribution in [1.82, 2.24) is 4.90 Å². The van der Waals surface area contributed by atoms with E-state index in [4.69, 9.17) is 9.47 Å². The zero-order chi connectivity index (χ0) is 19.4. The lowest BCUT2D eigenvalue weighted by molar-refractivity contribution is -0.120. The van der Waals surface area contributed by atoms with Gasteiger partial charge in [-0.25, -0.2) is 4.79 Å². The van der Waals surface area contributed by atoms with Gasteiger partial charge in [-0.2, -0.15) is 0 Å². The average Bonchev–Trinajstić information content (AvgIpc) is 3.04. The van der Waals surface area contributed by atoms with E-state index in [-0.39, 0.29) is 23.3 Å². The lowest BCUT2D eigenvalue weighted by Gasteiger charge is -2.26. The minimum absolute atomic E-state index is 0.0370. The Morgan fingerprint density at radius 2 is 1.81 bits per heavy atom. The molecule has 1 aliphatic heterocycles. The quantitative estimate of drug-likeness (QED) is 0.794. The molecule has 7 nitrogen and oxygen atoms in total. The molecule has 1 N–H and O–H groups in total. The molecule has 1 aliphatic carbocycles. The van der Waals surface area contributed by atoms with Crippen LogP contribution in [-0.2, 0) is 14.3 Å². The van der Waals surface area contributed by atoms with E-state index in [2.05, 4.69) is 5.32 Å². The minimum Gasteiger partial charge on any atom is -0.465 e. The Labute approximate surface area is 163 Å². The summed E-state index contributed by atoms with van der Waals surface area (Å²) in [4.78, 5) is 40.1. The van der Waals surface area contributed by atoms with Gasteiger partial charge in [0.25, 0.3) is 5.91 Å². The van der Waals surface area contributed by atoms with Gasteiger partial charge in [0.05, 0.1) is 30.8 Å². The first-order chi connectivity index (χ1) is 13.0. The maximum Gasteiger partial charge on any atom is 0.341 e. The number of amides is 2. The second-order valence-electron chi connectivity index (χ2n) is 6.98. The van der Waals surface area contributed by atoms with Crippen molar-refractivity contribution < 1.29 is 23.9 Å². The van der Waals surface area contributed by atoms with Crippen LogP contribution in [0.25, 0.3) is 0 Å². The first-order valence-electron chi connectivity index (χ1n) is 9.42. The third-order valence-corrected chi connectivity index (χ3v) is 6.44. The molecule has 0 aromatic carbocycles. The SMILES string of the molecule is COC(=O)c1c(NC(=O)C2CCCCC2)sc(C(=O)N2CCOCC2)c1C. The Bertz CT molecular complexity index is 718. The van der Waals surface area contributed by atoms with Crippen molar-refractivity contribution in [3.63, 3.8) is 0 Å². The van der Waals surface area contributed by atoms with Gasteiger partial charge in [0.15, 0.2) is 0 Å². The van der Waals surface area contributed by atoms with Gasteiger partial charge in [0.2, 0.25) is 5.91 Å². The van der Waals surface area contributed by atoms with Crippen LogP contribution in [0.3, 0.4) is 0 Å². The standard InChI is InChI=1S/C19H26N2O5S/c1-12-14(19(24)25-2)17(20-16(22)13-6-4-3-5-7-13)27-15(12)18(23)21-8-10-26-11-9-21/h13H,3-11H2,1-2H3,(H,20,22). The molecule has 3 rings (SSSR count). The molecule has 0 atom stereocenters. The molecular formula is C19H26N2O5S. The van der Waals surface area contributed by atoms with Gasteiger partial charge in [-0.05, 0) is 25.3 Å². The van der Waals surface area contributed by atoms with Crippen LogP contribution in [0.1, 0.15) is 57.7 Å². The first-order valence-corrected chi connectivity index (χ1v) is 10.2. The summed E-state index contributed by atoms with van der Waals surface area (Å²) < 4.78 is 10.2. The Balaban J connectivity index is 1.86. The zero-order valence-electron chi connectivity index (χ0n) is 15.8. The third-order valence-electron chi connectivity index (χ3n) is 5.24. The fourth-order valence-corrected chi connectivity index (χ4v) is 4.81. The number of hydrogen-bond acceptors (Lipinski definition) is 6. The predicted octanol–water partition coefficient (Wildman–Crippen LogP) is 2.83. The number of nitrogens with one attached hydrogen (secondary N) is 1. The Morgan fingerprint density at radius 1 is 1.15 bits per heavy atom. The third kappa shape index (κ3) is 4.32. The second kappa shape index (κ2) is 8.84. The summed E-state index contributed by atoms with van der Waals surface area (Å²) in [6.45, 7) is 3.78. The number of anilines is 1. The summed E-state index contributed by atoms with van der Waals surface area (Å²) in [5, 5.41) is 3.31. The van der Waals surface area contributed by atoms with Crippen molar-refractivity contribution >= 4 is 34.1 Å². The molecule has 2 aliphatic rings. The Morgan fingerprint density at radius 3 is 2.44 bits per heavy atom. The van der Waals surface area contributed by atoms with Crippen LogP contribution in [0, 0.1) is 12.8 Å². The van der Waals surface area contributed by atoms with Crippen LogP contribution < -0.4 is 5.32 Å². The molecule has 1 saturated carbocycles. The highest BCUT2D eigenvalue weighted by Crippen LogP contribution is 2.36. The molecule has 0 spiro atoms. The van der Waals surface area contributed by atoms with E-state index in [1.54, 1.807) is 11.8 Å². The van der Waals surface area contributed by atoms with Crippen molar-refractivity contribution in [3.05, 3.63) is 16.0 Å². The summed E-state index contributed by atoms with van der Waals surface area (Å²) in [6.07, 6.45) is 4.98. The molecule has 1 saturated heterocycles. The van der Waals surface area contributed by atoms with E-state index < -0.39 is 5.97 Å². The zero-order valence-corrected chi connectivity index (χ0v) is 16.7. The molecule has 0 radical (unpaired) electrons. The molecule has 2 fully saturated rings. The topological polar surface area (TPSA) is 84.9 Å². The fourth-order valence-electron chi connectivity index (χ4n) is 3.64. The Hall–Kier alpha value is -1.93. The molecule has 0 bridgehead atoms. The van der Waals surface area contributed by atoms with Crippen LogP contribution in [0.5, 0.6) is 0 Å². The van der Waals surface area contributed by atoms with Gasteiger partial charge in [0.1, 0.15) is 5.00 Å². The molecule has 1 aromatic heterocycles. The number of rotatable bonds is 4. The van der Waals surface area contributed by atoms with Crippen LogP contribution in [0.4, 0.5) is 5.00 Å². The van der Waals surface area contributed by atoms with Crippen molar-refractivity contribution in [2.24, 2.45) is 5.92 Å². The first kappa shape index (κ1) is 19.8. The summed E-state index contributed by atoms with van der Waals surface area (Å²) >= 11 is 1.16. The summed E-state index contributed by atoms with van der Waals surface area (Å²) in [6, 6.07) is 0. The molecule has 27 heavy (non-hydrogen) atoms. The van der Waals surface area contributed by atoms with Crippen LogP contribution in [0.2, 0.25) is 0 Å². The molecule has 2 amide bonds. The van der Waals surface area contributed by atoms with E-state index >= 15 is 0 Å². The van der Waals surface area contributed by atoms with Crippen molar-refractivity contribution in [2.75, 3.05) is 38.7 Å². The van der Waals surface area contributed by atoms with Gasteiger partial charge in [0, 0.05) is 19.0 Å². The predicted molar refractivity (Wildman–Crippen MR) is 102 cm³/mol. The van der Waals surface area contributed by atoms with Gasteiger partial charge in [-0.15, -0.1) is 11.3 Å². The van der Waals surface area contributed by atoms with Crippen molar-refractivity contribution in [1.29, 1.82) is 0 Å². The van der Waals surface area contributed by atoms with Crippen LogP contribution in [-0.4, -0.2) is 56.1 Å². The van der Waals surface area contributed by atoms with E-state index in [0.29, 0.717) is 41.7 Å². The highest BCUT2D eigenvalue weighted by atomic mass is 32.1. The second-order valence-corrected chi connectivity index (χ2v) is 8.00. The molecule has 2 heterocycles. The normalized spacial score (nSPS) is 18.2. The highest BCUT2D eigenvalue weighted by molar-refractivity contribution is 7.18. The number of ether oxygens (including phenoxy) is 2. The minimum atomic E-state index is -0.538. The van der Waals surface area contributed by atoms with Crippen molar-refractivity contribution in [3.8, 4) is 0 Å². The number of hydrogen-bond donors (Lipinski definition) is 1. The number of carbonyl (C=O) groups is 3. The number of esters is 1. The lowest BCUT2D eigenvalue weighted by atomic mass is 9.89. The molecule has 0 unspecified atom stereocenters. The fraction of sp³-hybridized carbons (Fsp3) is 0.632. The van der Waals surface area contributed by atoms with Gasteiger partial charge in [-0.3, -0.25) is 9.59 Å². The maximum atomic E-state index is 12.9. The van der Waals surface area contributed by atoms with E-state index in [9.17, 15) is 14.4 Å². The number of morpholine rings is 1. The Kier molecular flexibility index (Phi) is 6.49. The smallest absolute Gasteiger partial charge is 0.341 e. The van der Waals surface area contributed by atoms with E-state index in [1.807, 2.05) is 0 Å². The van der Waals surface area contributed by atoms with Crippen molar-refractivity contribution in [2.45, 2.75) is 39.0 Å². The molecule has 148 valence electrons. The average molecular weight is 394 g/mol. The van der Waals surface area contributed by atoms with E-state index in [1.165, 1.54) is 7.11 Å². The molecule has 1 aromatic rings. The monoisotopic (exact) mass is 394 g/mol. The number of carbonyl (C=O) groups excluding carboxylic acids is 3. The van der Waals surface area contributed by atoms with Crippen LogP contribution >= 0.6 is 11.3 Å². The summed E-state index contributed by atoms with van der Waals surface area (Å²) in [5.41, 5.74) is 0.838. The number of nitrogens with zero attached hydrogens (tertiary/aromatic N) is 1. The van der Waals surface area contributed by atoms with Gasteiger partial charge in [-0.1, -0.05) is 19.3 Å². The van der Waals surface area contributed by atoms with Gasteiger partial charge >= 0.3 is 5.97 Å². The maximum absolute atomic E-state index is 12.9. The summed E-state index contributed by atoms with van der Waals surface area (Å²) in [5.74, 6) is -0.788. The van der Waals surface area contributed by atoms with E-state index in [0.717, 1.165) is 43.4 Å². The van der Waals surface area contributed by atoms with Gasteiger partial charge < -0.3 is 19.7 Å². The summed E-state index contributed by atoms with van der Waals surface area (Å²) in [7, 11) is 1.30. The molecule has 8 heteroatoms. The highest BCUT2D eigenvalue weighted by Gasteiger charge is 2.30.